The molecule has 2 aromatic heterocycles. The van der Waals surface area contributed by atoms with Crippen LogP contribution in [-0.4, -0.2) is 25.6 Å². The molecule has 5 nitrogen and oxygen atoms in total. The van der Waals surface area contributed by atoms with Crippen LogP contribution in [0.5, 0.6) is 0 Å². The molecule has 0 unspecified atom stereocenters. The highest BCUT2D eigenvalue weighted by molar-refractivity contribution is 6.01. The predicted octanol–water partition coefficient (Wildman–Crippen LogP) is 2.49. The second-order valence-electron chi connectivity index (χ2n) is 4.62. The topological polar surface area (TPSA) is 68.0 Å². The largest absolute Gasteiger partial charge is 0.478 e. The Morgan fingerprint density at radius 1 is 1.25 bits per heavy atom. The van der Waals surface area contributed by atoms with Crippen LogP contribution >= 0.6 is 0 Å². The number of fused-ring (bicyclic) bond motifs is 1. The van der Waals surface area contributed by atoms with Gasteiger partial charge in [0, 0.05) is 5.69 Å². The molecule has 5 heteroatoms. The fourth-order valence-corrected chi connectivity index (χ4v) is 2.28. The van der Waals surface area contributed by atoms with Crippen LogP contribution in [-0.2, 0) is 6.54 Å². The zero-order chi connectivity index (χ0) is 14.1. The van der Waals surface area contributed by atoms with Crippen molar-refractivity contribution in [3.63, 3.8) is 0 Å². The molecule has 0 fully saturated rings. The molecule has 0 saturated heterocycles. The Bertz CT molecular complexity index is 793. The summed E-state index contributed by atoms with van der Waals surface area (Å²) >= 11 is 0. The molecule has 0 atom stereocenters. The summed E-state index contributed by atoms with van der Waals surface area (Å²) in [5, 5.41) is 9.28. The van der Waals surface area contributed by atoms with Gasteiger partial charge in [-0.2, -0.15) is 0 Å². The van der Waals surface area contributed by atoms with Gasteiger partial charge in [-0.15, -0.1) is 0 Å². The van der Waals surface area contributed by atoms with Crippen molar-refractivity contribution in [1.29, 1.82) is 0 Å². The SMILES string of the molecule is Cc1cccc(Cn2cnc3cccc(C(=O)O)c32)n1. The molecule has 0 aliphatic heterocycles. The highest BCUT2D eigenvalue weighted by atomic mass is 16.4. The number of para-hydroxylation sites is 1. The van der Waals surface area contributed by atoms with Crippen LogP contribution in [0.25, 0.3) is 11.0 Å². The van der Waals surface area contributed by atoms with Crippen molar-refractivity contribution in [2.75, 3.05) is 0 Å². The number of rotatable bonds is 3. The normalized spacial score (nSPS) is 10.8. The average Bonchev–Trinajstić information content (AvgIpc) is 2.82. The first-order valence-electron chi connectivity index (χ1n) is 6.25. The van der Waals surface area contributed by atoms with E-state index < -0.39 is 5.97 Å². The summed E-state index contributed by atoms with van der Waals surface area (Å²) in [6, 6.07) is 10.9. The van der Waals surface area contributed by atoms with Crippen molar-refractivity contribution in [1.82, 2.24) is 14.5 Å². The van der Waals surface area contributed by atoms with Gasteiger partial charge in [0.2, 0.25) is 0 Å². The lowest BCUT2D eigenvalue weighted by atomic mass is 10.2. The molecular weight excluding hydrogens is 254 g/mol. The second kappa shape index (κ2) is 4.77. The number of hydrogen-bond donors (Lipinski definition) is 1. The molecule has 0 saturated carbocycles. The first-order chi connectivity index (χ1) is 9.65. The van der Waals surface area contributed by atoms with Gasteiger partial charge in [-0.1, -0.05) is 12.1 Å². The Labute approximate surface area is 115 Å². The van der Waals surface area contributed by atoms with Crippen molar-refractivity contribution >= 4 is 17.0 Å². The highest BCUT2D eigenvalue weighted by Gasteiger charge is 2.13. The molecular formula is C15H13N3O2. The van der Waals surface area contributed by atoms with E-state index in [1.165, 1.54) is 0 Å². The number of carboxylic acids is 1. The molecule has 3 rings (SSSR count). The Hall–Kier alpha value is -2.69. The molecule has 0 bridgehead atoms. The molecule has 0 radical (unpaired) electrons. The van der Waals surface area contributed by atoms with Crippen LogP contribution in [0, 0.1) is 6.92 Å². The summed E-state index contributed by atoms with van der Waals surface area (Å²) in [4.78, 5) is 20.0. The van der Waals surface area contributed by atoms with E-state index in [0.29, 0.717) is 17.6 Å². The lowest BCUT2D eigenvalue weighted by molar-refractivity contribution is 0.0698. The van der Waals surface area contributed by atoms with Crippen molar-refractivity contribution in [2.24, 2.45) is 0 Å². The summed E-state index contributed by atoms with van der Waals surface area (Å²) in [5.74, 6) is -0.949. The van der Waals surface area contributed by atoms with Gasteiger partial charge in [0.15, 0.2) is 0 Å². The summed E-state index contributed by atoms with van der Waals surface area (Å²) in [5.41, 5.74) is 3.38. The van der Waals surface area contributed by atoms with Gasteiger partial charge < -0.3 is 9.67 Å². The standard InChI is InChI=1S/C15H13N3O2/c1-10-4-2-5-11(17-10)8-18-9-16-13-7-3-6-12(14(13)18)15(19)20/h2-7,9H,8H2,1H3,(H,19,20). The minimum absolute atomic E-state index is 0.257. The fourth-order valence-electron chi connectivity index (χ4n) is 2.28. The molecule has 1 aromatic carbocycles. The molecule has 0 spiro atoms. The average molecular weight is 267 g/mol. The van der Waals surface area contributed by atoms with Gasteiger partial charge in [-0.3, -0.25) is 4.98 Å². The van der Waals surface area contributed by atoms with E-state index in [2.05, 4.69) is 9.97 Å². The number of pyridine rings is 1. The minimum Gasteiger partial charge on any atom is -0.478 e. The van der Waals surface area contributed by atoms with Gasteiger partial charge in [0.05, 0.1) is 35.2 Å². The molecule has 20 heavy (non-hydrogen) atoms. The number of carboxylic acid groups (broad SMARTS) is 1. The maximum absolute atomic E-state index is 11.3. The third-order valence-electron chi connectivity index (χ3n) is 3.15. The van der Waals surface area contributed by atoms with Gasteiger partial charge in [0.1, 0.15) is 0 Å². The van der Waals surface area contributed by atoms with Crippen LogP contribution in [0.2, 0.25) is 0 Å². The number of imidazole rings is 1. The number of hydrogen-bond acceptors (Lipinski definition) is 3. The monoisotopic (exact) mass is 267 g/mol. The molecule has 0 amide bonds. The van der Waals surface area contributed by atoms with Gasteiger partial charge >= 0.3 is 5.97 Å². The lowest BCUT2D eigenvalue weighted by Crippen LogP contribution is -2.05. The van der Waals surface area contributed by atoms with E-state index in [9.17, 15) is 9.90 Å². The zero-order valence-corrected chi connectivity index (χ0v) is 10.9. The number of carbonyl (C=O) groups is 1. The highest BCUT2D eigenvalue weighted by Crippen LogP contribution is 2.19. The van der Waals surface area contributed by atoms with E-state index in [1.807, 2.05) is 35.8 Å². The van der Waals surface area contributed by atoms with E-state index in [0.717, 1.165) is 11.4 Å². The van der Waals surface area contributed by atoms with Crippen LogP contribution in [0.4, 0.5) is 0 Å². The Morgan fingerprint density at radius 3 is 2.80 bits per heavy atom. The van der Waals surface area contributed by atoms with E-state index in [-0.39, 0.29) is 5.56 Å². The number of aromatic nitrogens is 3. The quantitative estimate of drug-likeness (QED) is 0.791. The number of benzene rings is 1. The summed E-state index contributed by atoms with van der Waals surface area (Å²) in [6.45, 7) is 2.43. The smallest absolute Gasteiger partial charge is 0.337 e. The predicted molar refractivity (Wildman–Crippen MR) is 74.8 cm³/mol. The third kappa shape index (κ3) is 2.14. The van der Waals surface area contributed by atoms with E-state index in [4.69, 9.17) is 0 Å². The number of nitrogens with zero attached hydrogens (tertiary/aromatic N) is 3. The van der Waals surface area contributed by atoms with Gasteiger partial charge in [-0.05, 0) is 31.2 Å². The zero-order valence-electron chi connectivity index (χ0n) is 10.9. The van der Waals surface area contributed by atoms with Crippen LogP contribution in [0.1, 0.15) is 21.7 Å². The van der Waals surface area contributed by atoms with Crippen molar-refractivity contribution < 1.29 is 9.90 Å². The fraction of sp³-hybridized carbons (Fsp3) is 0.133. The Balaban J connectivity index is 2.10. The van der Waals surface area contributed by atoms with Crippen molar-refractivity contribution in [2.45, 2.75) is 13.5 Å². The van der Waals surface area contributed by atoms with Crippen LogP contribution < -0.4 is 0 Å². The summed E-state index contributed by atoms with van der Waals surface area (Å²) in [7, 11) is 0. The first kappa shape index (κ1) is 12.3. The number of aromatic carboxylic acids is 1. The van der Waals surface area contributed by atoms with Gasteiger partial charge in [-0.25, -0.2) is 9.78 Å². The molecule has 2 heterocycles. The minimum atomic E-state index is -0.949. The Morgan fingerprint density at radius 2 is 2.05 bits per heavy atom. The molecule has 0 aliphatic carbocycles. The summed E-state index contributed by atoms with van der Waals surface area (Å²) < 4.78 is 1.82. The van der Waals surface area contributed by atoms with Crippen LogP contribution in [0.15, 0.2) is 42.7 Å². The van der Waals surface area contributed by atoms with E-state index in [1.54, 1.807) is 18.5 Å². The first-order valence-corrected chi connectivity index (χ1v) is 6.25. The van der Waals surface area contributed by atoms with Crippen molar-refractivity contribution in [3.8, 4) is 0 Å². The van der Waals surface area contributed by atoms with E-state index >= 15 is 0 Å². The second-order valence-corrected chi connectivity index (χ2v) is 4.62. The molecule has 1 N–H and O–H groups in total. The molecule has 0 aliphatic rings. The van der Waals surface area contributed by atoms with Crippen LogP contribution in [0.3, 0.4) is 0 Å². The maximum Gasteiger partial charge on any atom is 0.337 e. The van der Waals surface area contributed by atoms with Gasteiger partial charge in [0.25, 0.3) is 0 Å². The molecule has 3 aromatic rings. The van der Waals surface area contributed by atoms with Crippen molar-refractivity contribution in [3.05, 3.63) is 59.7 Å². The summed E-state index contributed by atoms with van der Waals surface area (Å²) in [6.07, 6.45) is 1.65. The third-order valence-corrected chi connectivity index (χ3v) is 3.15. The molecule has 100 valence electrons. The Kier molecular flexibility index (Phi) is 2.95. The number of aryl methyl sites for hydroxylation is 1. The maximum atomic E-state index is 11.3. The lowest BCUT2D eigenvalue weighted by Gasteiger charge is -2.06.